The van der Waals surface area contributed by atoms with Crippen molar-refractivity contribution in [2.24, 2.45) is 7.05 Å². The summed E-state index contributed by atoms with van der Waals surface area (Å²) in [7, 11) is 1.92. The maximum Gasteiger partial charge on any atom is 0.138 e. The van der Waals surface area contributed by atoms with E-state index in [-0.39, 0.29) is 6.04 Å². The highest BCUT2D eigenvalue weighted by Gasteiger charge is 2.22. The highest BCUT2D eigenvalue weighted by atomic mass is 32.1. The van der Waals surface area contributed by atoms with Crippen LogP contribution in [-0.4, -0.2) is 30.9 Å². The van der Waals surface area contributed by atoms with E-state index in [0.717, 1.165) is 24.5 Å². The predicted molar refractivity (Wildman–Crippen MR) is 75.1 cm³/mol. The molecule has 0 aliphatic heterocycles. The van der Waals surface area contributed by atoms with Crippen molar-refractivity contribution in [3.05, 3.63) is 22.7 Å². The monoisotopic (exact) mass is 280 g/mol. The molecule has 0 aliphatic rings. The Bertz CT molecular complexity index is 518. The third kappa shape index (κ3) is 3.16. The van der Waals surface area contributed by atoms with E-state index in [1.807, 2.05) is 11.7 Å². The number of likely N-dealkylation sites (N-methyl/N-ethyl adjacent to an activating group) is 1. The summed E-state index contributed by atoms with van der Waals surface area (Å²) in [6.07, 6.45) is 2.39. The zero-order valence-electron chi connectivity index (χ0n) is 11.8. The van der Waals surface area contributed by atoms with Crippen LogP contribution in [0.25, 0.3) is 0 Å². The van der Waals surface area contributed by atoms with Crippen LogP contribution >= 0.6 is 11.5 Å². The minimum atomic E-state index is 0.199. The third-order valence-electron chi connectivity index (χ3n) is 3.05. The van der Waals surface area contributed by atoms with Gasteiger partial charge in [-0.25, -0.2) is 4.98 Å². The Kier molecular flexibility index (Phi) is 4.60. The number of rotatable bonds is 6. The summed E-state index contributed by atoms with van der Waals surface area (Å²) in [6, 6.07) is 0.199. The van der Waals surface area contributed by atoms with Gasteiger partial charge in [-0.3, -0.25) is 4.68 Å². The fourth-order valence-electron chi connectivity index (χ4n) is 2.04. The normalized spacial score (nSPS) is 13.1. The minimum absolute atomic E-state index is 0.199. The van der Waals surface area contributed by atoms with Crippen LogP contribution in [0.15, 0.2) is 6.33 Å². The van der Waals surface area contributed by atoms with Gasteiger partial charge in [-0.2, -0.15) is 5.10 Å². The highest BCUT2D eigenvalue weighted by Crippen LogP contribution is 2.28. The fourth-order valence-corrected chi connectivity index (χ4v) is 2.92. The van der Waals surface area contributed by atoms with Crippen molar-refractivity contribution in [3.63, 3.8) is 0 Å². The first kappa shape index (κ1) is 14.1. The lowest BCUT2D eigenvalue weighted by Gasteiger charge is -2.17. The van der Waals surface area contributed by atoms with Gasteiger partial charge in [0.15, 0.2) is 0 Å². The van der Waals surface area contributed by atoms with Crippen molar-refractivity contribution >= 4 is 11.5 Å². The third-order valence-corrected chi connectivity index (χ3v) is 3.90. The molecule has 2 heterocycles. The van der Waals surface area contributed by atoms with Gasteiger partial charge >= 0.3 is 0 Å². The summed E-state index contributed by atoms with van der Waals surface area (Å²) in [5.74, 6) is 1.35. The Labute approximate surface area is 117 Å². The lowest BCUT2D eigenvalue weighted by Crippen LogP contribution is -2.24. The second-order valence-corrected chi connectivity index (χ2v) is 5.58. The first-order valence-corrected chi connectivity index (χ1v) is 7.29. The molecule has 2 aromatic heterocycles. The fraction of sp³-hybridized carbons (Fsp3) is 0.667. The molecule has 0 aromatic carbocycles. The Balaban J connectivity index is 2.24. The summed E-state index contributed by atoms with van der Waals surface area (Å²) < 4.78 is 5.92. The van der Waals surface area contributed by atoms with Crippen LogP contribution < -0.4 is 5.32 Å². The SMILES string of the molecule is CCNC(Cc1ncnn1C)c1snnc1C(C)C. The van der Waals surface area contributed by atoms with Crippen molar-refractivity contribution in [1.82, 2.24) is 29.7 Å². The van der Waals surface area contributed by atoms with Gasteiger partial charge in [-0.15, -0.1) is 5.10 Å². The van der Waals surface area contributed by atoms with E-state index in [4.69, 9.17) is 0 Å². The van der Waals surface area contributed by atoms with Crippen LogP contribution in [0.3, 0.4) is 0 Å². The van der Waals surface area contributed by atoms with Crippen LogP contribution in [0.1, 0.15) is 49.1 Å². The summed E-state index contributed by atoms with van der Waals surface area (Å²) in [5, 5.41) is 11.9. The van der Waals surface area contributed by atoms with Crippen molar-refractivity contribution in [1.29, 1.82) is 0 Å². The van der Waals surface area contributed by atoms with Gasteiger partial charge in [0.25, 0.3) is 0 Å². The molecule has 0 saturated heterocycles. The number of nitrogens with one attached hydrogen (secondary N) is 1. The second-order valence-electron chi connectivity index (χ2n) is 4.79. The Morgan fingerprint density at radius 1 is 1.42 bits per heavy atom. The number of aromatic nitrogens is 5. The molecule has 1 N–H and O–H groups in total. The minimum Gasteiger partial charge on any atom is -0.309 e. The lowest BCUT2D eigenvalue weighted by molar-refractivity contribution is 0.522. The zero-order chi connectivity index (χ0) is 13.8. The Morgan fingerprint density at radius 3 is 2.79 bits per heavy atom. The van der Waals surface area contributed by atoms with Crippen LogP contribution in [-0.2, 0) is 13.5 Å². The molecule has 6 nitrogen and oxygen atoms in total. The van der Waals surface area contributed by atoms with Crippen molar-refractivity contribution in [2.75, 3.05) is 6.54 Å². The molecule has 1 unspecified atom stereocenters. The van der Waals surface area contributed by atoms with E-state index in [1.54, 1.807) is 6.33 Å². The van der Waals surface area contributed by atoms with Crippen molar-refractivity contribution in [2.45, 2.75) is 39.2 Å². The molecule has 0 amide bonds. The molecule has 0 radical (unpaired) electrons. The van der Waals surface area contributed by atoms with E-state index in [2.05, 4.69) is 45.8 Å². The molecule has 0 saturated carbocycles. The van der Waals surface area contributed by atoms with Crippen LogP contribution in [0.4, 0.5) is 0 Å². The number of aryl methyl sites for hydroxylation is 1. The highest BCUT2D eigenvalue weighted by molar-refractivity contribution is 7.05. The standard InChI is InChI=1S/C12H20N6S/c1-5-13-9(6-10-14-7-15-18(10)4)12-11(8(2)3)16-17-19-12/h7-9,13H,5-6H2,1-4H3. The van der Waals surface area contributed by atoms with Gasteiger partial charge in [-0.05, 0) is 24.0 Å². The topological polar surface area (TPSA) is 68.5 Å². The predicted octanol–water partition coefficient (Wildman–Crippen LogP) is 1.68. The van der Waals surface area contributed by atoms with E-state index in [9.17, 15) is 0 Å². The van der Waals surface area contributed by atoms with E-state index in [0.29, 0.717) is 5.92 Å². The second kappa shape index (κ2) is 6.21. The quantitative estimate of drug-likeness (QED) is 0.872. The first-order valence-electron chi connectivity index (χ1n) is 6.51. The summed E-state index contributed by atoms with van der Waals surface area (Å²) >= 11 is 1.47. The maximum atomic E-state index is 4.30. The van der Waals surface area contributed by atoms with Gasteiger partial charge in [-0.1, -0.05) is 25.3 Å². The van der Waals surface area contributed by atoms with Gasteiger partial charge in [0.2, 0.25) is 0 Å². The first-order chi connectivity index (χ1) is 9.13. The van der Waals surface area contributed by atoms with E-state index < -0.39 is 0 Å². The molecule has 104 valence electrons. The molecule has 2 aromatic rings. The zero-order valence-corrected chi connectivity index (χ0v) is 12.6. The van der Waals surface area contributed by atoms with Crippen molar-refractivity contribution < 1.29 is 0 Å². The van der Waals surface area contributed by atoms with Gasteiger partial charge in [0.05, 0.1) is 16.6 Å². The molecule has 0 spiro atoms. The molecule has 0 bridgehead atoms. The van der Waals surface area contributed by atoms with Crippen molar-refractivity contribution in [3.8, 4) is 0 Å². The molecule has 1 atom stereocenters. The summed E-state index contributed by atoms with van der Waals surface area (Å²) in [5.41, 5.74) is 1.08. The Hall–Kier alpha value is -1.34. The molecule has 2 rings (SSSR count). The van der Waals surface area contributed by atoms with Crippen LogP contribution in [0, 0.1) is 0 Å². The lowest BCUT2D eigenvalue weighted by atomic mass is 10.0. The summed E-state index contributed by atoms with van der Waals surface area (Å²) in [6.45, 7) is 7.29. The molecule has 0 aliphatic carbocycles. The summed E-state index contributed by atoms with van der Waals surface area (Å²) in [4.78, 5) is 5.51. The van der Waals surface area contributed by atoms with Gasteiger partial charge < -0.3 is 5.32 Å². The largest absolute Gasteiger partial charge is 0.309 e. The smallest absolute Gasteiger partial charge is 0.138 e. The Morgan fingerprint density at radius 2 is 2.21 bits per heavy atom. The molecule has 0 fully saturated rings. The van der Waals surface area contributed by atoms with Gasteiger partial charge in [0, 0.05) is 13.5 Å². The van der Waals surface area contributed by atoms with Crippen LogP contribution in [0.5, 0.6) is 0 Å². The van der Waals surface area contributed by atoms with E-state index in [1.165, 1.54) is 16.4 Å². The average molecular weight is 280 g/mol. The molecular weight excluding hydrogens is 260 g/mol. The molecule has 7 heteroatoms. The maximum absolute atomic E-state index is 4.30. The van der Waals surface area contributed by atoms with Crippen LogP contribution in [0.2, 0.25) is 0 Å². The molecular formula is C12H20N6S. The molecule has 19 heavy (non-hydrogen) atoms. The van der Waals surface area contributed by atoms with E-state index >= 15 is 0 Å². The van der Waals surface area contributed by atoms with Gasteiger partial charge in [0.1, 0.15) is 12.2 Å². The number of hydrogen-bond donors (Lipinski definition) is 1. The number of hydrogen-bond acceptors (Lipinski definition) is 6. The average Bonchev–Trinajstić information content (AvgIpc) is 2.98. The number of nitrogens with zero attached hydrogens (tertiary/aromatic N) is 5.